The minimum atomic E-state index is -4.30. The summed E-state index contributed by atoms with van der Waals surface area (Å²) in [7, 11) is 3.76. The van der Waals surface area contributed by atoms with Crippen molar-refractivity contribution in [2.45, 2.75) is 32.7 Å². The molecule has 0 atom stereocenters. The lowest BCUT2D eigenvalue weighted by molar-refractivity contribution is -0.176. The number of ether oxygens (including phenoxy) is 2. The van der Waals surface area contributed by atoms with Crippen molar-refractivity contribution >= 4 is 5.96 Å². The van der Waals surface area contributed by atoms with Crippen LogP contribution in [0.15, 0.2) is 29.3 Å². The zero-order valence-corrected chi connectivity index (χ0v) is 17.5. The van der Waals surface area contributed by atoms with Gasteiger partial charge < -0.3 is 25.0 Å². The Labute approximate surface area is 171 Å². The maximum Gasteiger partial charge on any atom is 0.411 e. The lowest BCUT2D eigenvalue weighted by atomic mass is 10.1. The molecule has 2 N–H and O–H groups in total. The van der Waals surface area contributed by atoms with E-state index >= 15 is 0 Å². The predicted molar refractivity (Wildman–Crippen MR) is 109 cm³/mol. The van der Waals surface area contributed by atoms with Crippen molar-refractivity contribution in [2.75, 3.05) is 53.6 Å². The van der Waals surface area contributed by atoms with E-state index in [0.717, 1.165) is 50.7 Å². The molecular weight excluding hydrogens is 385 g/mol. The van der Waals surface area contributed by atoms with E-state index in [4.69, 9.17) is 4.74 Å². The van der Waals surface area contributed by atoms with Gasteiger partial charge in [0.25, 0.3) is 0 Å². The van der Waals surface area contributed by atoms with E-state index in [1.165, 1.54) is 0 Å². The molecule has 166 valence electrons. The minimum Gasteiger partial charge on any atom is -0.383 e. The largest absolute Gasteiger partial charge is 0.411 e. The third kappa shape index (κ3) is 13.1. The fourth-order valence-corrected chi connectivity index (χ4v) is 2.45. The molecule has 1 rings (SSSR count). The molecular formula is C20H33F3N4O2. The van der Waals surface area contributed by atoms with E-state index in [1.807, 2.05) is 19.1 Å². The highest BCUT2D eigenvalue weighted by atomic mass is 19.4. The number of halogens is 3. The minimum absolute atomic E-state index is 0.0634. The first kappa shape index (κ1) is 25.2. The molecule has 0 bridgehead atoms. The maximum absolute atomic E-state index is 12.1. The first-order valence-corrected chi connectivity index (χ1v) is 9.76. The number of hydrogen-bond donors (Lipinski definition) is 2. The maximum atomic E-state index is 12.1. The molecule has 0 saturated heterocycles. The van der Waals surface area contributed by atoms with Crippen LogP contribution in [0.5, 0.6) is 0 Å². The normalized spacial score (nSPS) is 12.4. The molecule has 0 unspecified atom stereocenters. The smallest absolute Gasteiger partial charge is 0.383 e. The van der Waals surface area contributed by atoms with Crippen LogP contribution in [0.3, 0.4) is 0 Å². The van der Waals surface area contributed by atoms with Gasteiger partial charge in [0.15, 0.2) is 5.96 Å². The fraction of sp³-hybridized carbons (Fsp3) is 0.650. The number of nitrogens with zero attached hydrogens (tertiary/aromatic N) is 2. The second kappa shape index (κ2) is 14.2. The van der Waals surface area contributed by atoms with Crippen LogP contribution in [0.25, 0.3) is 0 Å². The van der Waals surface area contributed by atoms with Gasteiger partial charge in [0.1, 0.15) is 6.61 Å². The van der Waals surface area contributed by atoms with Gasteiger partial charge >= 0.3 is 6.18 Å². The number of likely N-dealkylation sites (N-methyl/N-ethyl adjacent to an activating group) is 1. The summed E-state index contributed by atoms with van der Waals surface area (Å²) in [4.78, 5) is 6.77. The number of alkyl halides is 3. The lowest BCUT2D eigenvalue weighted by Crippen LogP contribution is -2.38. The van der Waals surface area contributed by atoms with Gasteiger partial charge in [-0.2, -0.15) is 13.2 Å². The van der Waals surface area contributed by atoms with Crippen LogP contribution in [0.4, 0.5) is 13.2 Å². The standard InChI is InChI=1S/C20H33F3N4O2/c1-4-24-19(25-10-5-11-27(2)12-13-28-3)26-14-17-6-8-18(9-7-17)15-29-16-20(21,22)23/h6-9H,4-5,10-16H2,1-3H3,(H2,24,25,26). The van der Waals surface area contributed by atoms with Crippen molar-refractivity contribution in [3.63, 3.8) is 0 Å². The molecule has 0 aliphatic carbocycles. The van der Waals surface area contributed by atoms with Crippen LogP contribution in [0.1, 0.15) is 24.5 Å². The Morgan fingerprint density at radius 2 is 1.79 bits per heavy atom. The van der Waals surface area contributed by atoms with Gasteiger partial charge in [0.2, 0.25) is 0 Å². The monoisotopic (exact) mass is 418 g/mol. The topological polar surface area (TPSA) is 58.1 Å². The summed E-state index contributed by atoms with van der Waals surface area (Å²) in [6, 6.07) is 7.23. The van der Waals surface area contributed by atoms with Crippen molar-refractivity contribution < 1.29 is 22.6 Å². The summed E-state index contributed by atoms with van der Waals surface area (Å²) in [6.07, 6.45) is -3.32. The van der Waals surface area contributed by atoms with E-state index < -0.39 is 12.8 Å². The average Bonchev–Trinajstić information content (AvgIpc) is 2.67. The predicted octanol–water partition coefficient (Wildman–Crippen LogP) is 2.79. The summed E-state index contributed by atoms with van der Waals surface area (Å²) in [6.45, 7) is 5.34. The van der Waals surface area contributed by atoms with Crippen molar-refractivity contribution in [2.24, 2.45) is 4.99 Å². The number of methoxy groups -OCH3 is 1. The SMILES string of the molecule is CCNC(=NCc1ccc(COCC(F)(F)F)cc1)NCCCN(C)CCOC. The lowest BCUT2D eigenvalue weighted by Gasteiger charge is -2.17. The van der Waals surface area contributed by atoms with Crippen LogP contribution in [0, 0.1) is 0 Å². The summed E-state index contributed by atoms with van der Waals surface area (Å²) in [5.41, 5.74) is 1.67. The van der Waals surface area contributed by atoms with Gasteiger partial charge in [0.05, 0.1) is 19.8 Å². The third-order valence-electron chi connectivity index (χ3n) is 4.01. The molecule has 0 spiro atoms. The summed E-state index contributed by atoms with van der Waals surface area (Å²) in [5.74, 6) is 0.740. The molecule has 1 aromatic rings. The fourth-order valence-electron chi connectivity index (χ4n) is 2.45. The van der Waals surface area contributed by atoms with Crippen LogP contribution in [0.2, 0.25) is 0 Å². The molecule has 0 radical (unpaired) electrons. The van der Waals surface area contributed by atoms with E-state index in [2.05, 4.69) is 32.3 Å². The zero-order valence-electron chi connectivity index (χ0n) is 17.5. The Morgan fingerprint density at radius 3 is 2.41 bits per heavy atom. The molecule has 9 heteroatoms. The molecule has 0 heterocycles. The first-order chi connectivity index (χ1) is 13.8. The number of guanidine groups is 1. The Morgan fingerprint density at radius 1 is 1.10 bits per heavy atom. The number of hydrogen-bond acceptors (Lipinski definition) is 4. The highest BCUT2D eigenvalue weighted by Gasteiger charge is 2.27. The van der Waals surface area contributed by atoms with Crippen LogP contribution in [-0.4, -0.2) is 70.6 Å². The molecule has 0 aliphatic rings. The third-order valence-corrected chi connectivity index (χ3v) is 4.01. The Bertz CT molecular complexity index is 580. The van der Waals surface area contributed by atoms with Gasteiger partial charge in [-0.3, -0.25) is 0 Å². The molecule has 0 aliphatic heterocycles. The second-order valence-electron chi connectivity index (χ2n) is 6.70. The van der Waals surface area contributed by atoms with Crippen LogP contribution in [-0.2, 0) is 22.6 Å². The van der Waals surface area contributed by atoms with Gasteiger partial charge in [-0.15, -0.1) is 0 Å². The van der Waals surface area contributed by atoms with Crippen molar-refractivity contribution in [1.29, 1.82) is 0 Å². The number of aliphatic imine (C=N–C) groups is 1. The first-order valence-electron chi connectivity index (χ1n) is 9.76. The van der Waals surface area contributed by atoms with Crippen molar-refractivity contribution in [1.82, 2.24) is 15.5 Å². The number of rotatable bonds is 13. The highest BCUT2D eigenvalue weighted by Crippen LogP contribution is 2.16. The Hall–Kier alpha value is -1.84. The number of benzene rings is 1. The molecule has 0 aromatic heterocycles. The summed E-state index contributed by atoms with van der Waals surface area (Å²) >= 11 is 0. The van der Waals surface area contributed by atoms with Crippen molar-refractivity contribution in [3.05, 3.63) is 35.4 Å². The zero-order chi connectivity index (χ0) is 21.5. The number of nitrogens with one attached hydrogen (secondary N) is 2. The van der Waals surface area contributed by atoms with E-state index in [1.54, 1.807) is 19.2 Å². The van der Waals surface area contributed by atoms with Crippen molar-refractivity contribution in [3.8, 4) is 0 Å². The quantitative estimate of drug-likeness (QED) is 0.293. The molecule has 0 saturated carbocycles. The molecule has 29 heavy (non-hydrogen) atoms. The van der Waals surface area contributed by atoms with Gasteiger partial charge in [0, 0.05) is 26.7 Å². The molecule has 0 fully saturated rings. The van der Waals surface area contributed by atoms with Gasteiger partial charge in [-0.1, -0.05) is 24.3 Å². The molecule has 6 nitrogen and oxygen atoms in total. The highest BCUT2D eigenvalue weighted by molar-refractivity contribution is 5.79. The van der Waals surface area contributed by atoms with E-state index in [9.17, 15) is 13.2 Å². The summed E-state index contributed by atoms with van der Waals surface area (Å²) in [5, 5.41) is 6.52. The Kier molecular flexibility index (Phi) is 12.3. The molecule has 1 aromatic carbocycles. The average molecular weight is 419 g/mol. The van der Waals surface area contributed by atoms with Gasteiger partial charge in [-0.25, -0.2) is 4.99 Å². The molecule has 0 amide bonds. The van der Waals surface area contributed by atoms with E-state index in [0.29, 0.717) is 12.1 Å². The van der Waals surface area contributed by atoms with Gasteiger partial charge in [-0.05, 0) is 38.1 Å². The second-order valence-corrected chi connectivity index (χ2v) is 6.70. The summed E-state index contributed by atoms with van der Waals surface area (Å²) < 4.78 is 46.0. The van der Waals surface area contributed by atoms with Crippen LogP contribution < -0.4 is 10.6 Å². The Balaban J connectivity index is 2.39. The van der Waals surface area contributed by atoms with E-state index in [-0.39, 0.29) is 6.61 Å². The van der Waals surface area contributed by atoms with Crippen LogP contribution >= 0.6 is 0 Å².